The fourth-order valence-electron chi connectivity index (χ4n) is 2.62. The molecule has 1 heterocycles. The molecule has 7 heteroatoms. The Kier molecular flexibility index (Phi) is 3.65. The summed E-state index contributed by atoms with van der Waals surface area (Å²) in [4.78, 5) is 6.57. The van der Waals surface area contributed by atoms with Gasteiger partial charge in [-0.15, -0.1) is 0 Å². The van der Waals surface area contributed by atoms with Crippen LogP contribution in [0.5, 0.6) is 0 Å². The number of nitrogens with zero attached hydrogens (tertiary/aromatic N) is 2. The van der Waals surface area contributed by atoms with E-state index in [0.29, 0.717) is 24.6 Å². The molecule has 0 saturated heterocycles. The van der Waals surface area contributed by atoms with Crippen molar-refractivity contribution in [2.75, 3.05) is 0 Å². The van der Waals surface area contributed by atoms with Crippen LogP contribution in [-0.4, -0.2) is 23.9 Å². The average Bonchev–Trinajstić information content (AvgIpc) is 2.76. The fourth-order valence-corrected chi connectivity index (χ4v) is 3.94. The molecule has 0 spiro atoms. The lowest BCUT2D eigenvalue weighted by Crippen LogP contribution is -2.50. The third kappa shape index (κ3) is 2.96. The minimum atomic E-state index is -3.72. The molecule has 0 amide bonds. The zero-order chi connectivity index (χ0) is 14.1. The number of H-pyrrole nitrogens is 1. The van der Waals surface area contributed by atoms with Crippen molar-refractivity contribution in [1.82, 2.24) is 14.7 Å². The number of rotatable bonds is 3. The number of imidazole rings is 1. The molecule has 19 heavy (non-hydrogen) atoms. The minimum absolute atomic E-state index is 0.0119. The molecule has 6 nitrogen and oxygen atoms in total. The van der Waals surface area contributed by atoms with Crippen molar-refractivity contribution in [2.45, 2.75) is 50.1 Å². The van der Waals surface area contributed by atoms with Crippen molar-refractivity contribution in [3.8, 4) is 6.07 Å². The predicted molar refractivity (Wildman–Crippen MR) is 69.6 cm³/mol. The maximum Gasteiger partial charge on any atom is 0.258 e. The Balaban J connectivity index is 2.25. The van der Waals surface area contributed by atoms with E-state index in [2.05, 4.69) is 20.8 Å². The van der Waals surface area contributed by atoms with Crippen LogP contribution >= 0.6 is 0 Å². The smallest absolute Gasteiger partial charge is 0.258 e. The molecule has 0 bridgehead atoms. The predicted octanol–water partition coefficient (Wildman–Crippen LogP) is 1.47. The van der Waals surface area contributed by atoms with Crippen LogP contribution in [0.2, 0.25) is 0 Å². The summed E-state index contributed by atoms with van der Waals surface area (Å²) < 4.78 is 27.1. The van der Waals surface area contributed by atoms with Crippen LogP contribution in [0.1, 0.15) is 38.4 Å². The molecule has 1 aliphatic rings. The van der Waals surface area contributed by atoms with Crippen LogP contribution < -0.4 is 4.72 Å². The number of hydrogen-bond acceptors (Lipinski definition) is 4. The lowest BCUT2D eigenvalue weighted by atomic mass is 9.78. The largest absolute Gasteiger partial charge is 0.332 e. The maximum absolute atomic E-state index is 12.3. The first kappa shape index (κ1) is 14.0. The first-order valence-electron chi connectivity index (χ1n) is 6.34. The molecule has 2 N–H and O–H groups in total. The molecular formula is C12H18N4O2S. The minimum Gasteiger partial charge on any atom is -0.332 e. The Morgan fingerprint density at radius 2 is 2.37 bits per heavy atom. The molecule has 1 saturated carbocycles. The second kappa shape index (κ2) is 4.94. The number of nitriles is 1. The van der Waals surface area contributed by atoms with Gasteiger partial charge in [-0.2, -0.15) is 9.98 Å². The molecule has 1 fully saturated rings. The summed E-state index contributed by atoms with van der Waals surface area (Å²) in [7, 11) is -3.72. The van der Waals surface area contributed by atoms with Gasteiger partial charge in [-0.3, -0.25) is 0 Å². The van der Waals surface area contributed by atoms with Crippen molar-refractivity contribution in [2.24, 2.45) is 5.92 Å². The highest BCUT2D eigenvalue weighted by Crippen LogP contribution is 2.32. The van der Waals surface area contributed by atoms with E-state index < -0.39 is 15.6 Å². The van der Waals surface area contributed by atoms with Crippen LogP contribution in [0.15, 0.2) is 11.2 Å². The summed E-state index contributed by atoms with van der Waals surface area (Å²) in [6.07, 6.45) is 4.28. The molecule has 1 aromatic rings. The van der Waals surface area contributed by atoms with Gasteiger partial charge in [0.2, 0.25) is 0 Å². The van der Waals surface area contributed by atoms with Crippen molar-refractivity contribution in [1.29, 1.82) is 5.26 Å². The van der Waals surface area contributed by atoms with E-state index in [9.17, 15) is 13.7 Å². The highest BCUT2D eigenvalue weighted by Gasteiger charge is 2.39. The van der Waals surface area contributed by atoms with Gasteiger partial charge in [0.05, 0.1) is 12.3 Å². The van der Waals surface area contributed by atoms with Crippen molar-refractivity contribution in [3.63, 3.8) is 0 Å². The normalized spacial score (nSPS) is 27.9. The number of hydrogen-bond donors (Lipinski definition) is 2. The molecule has 0 unspecified atom stereocenters. The first-order chi connectivity index (χ1) is 8.87. The molecule has 1 aromatic heterocycles. The molecule has 2 atom stereocenters. The summed E-state index contributed by atoms with van der Waals surface area (Å²) >= 11 is 0. The van der Waals surface area contributed by atoms with Gasteiger partial charge >= 0.3 is 0 Å². The molecule has 1 aliphatic carbocycles. The second-order valence-electron chi connectivity index (χ2n) is 5.33. The topological polar surface area (TPSA) is 98.6 Å². The van der Waals surface area contributed by atoms with Crippen molar-refractivity contribution in [3.05, 3.63) is 12.0 Å². The number of nitrogens with one attached hydrogen (secondary N) is 2. The van der Waals surface area contributed by atoms with Gasteiger partial charge in [0, 0.05) is 0 Å². The zero-order valence-corrected chi connectivity index (χ0v) is 11.9. The van der Waals surface area contributed by atoms with Gasteiger partial charge in [0.1, 0.15) is 11.4 Å². The molecular weight excluding hydrogens is 264 g/mol. The lowest BCUT2D eigenvalue weighted by molar-refractivity contribution is 0.270. The van der Waals surface area contributed by atoms with Crippen LogP contribution in [-0.2, 0) is 10.0 Å². The molecule has 0 aromatic carbocycles. The maximum atomic E-state index is 12.3. The van der Waals surface area contributed by atoms with Gasteiger partial charge in [0.15, 0.2) is 5.03 Å². The average molecular weight is 282 g/mol. The van der Waals surface area contributed by atoms with Crippen LogP contribution in [0.25, 0.3) is 0 Å². The molecule has 104 valence electrons. The summed E-state index contributed by atoms with van der Waals surface area (Å²) in [5.74, 6) is 0.878. The van der Waals surface area contributed by atoms with Gasteiger partial charge in [-0.25, -0.2) is 13.4 Å². The summed E-state index contributed by atoms with van der Waals surface area (Å²) in [6, 6.07) is 2.16. The van der Waals surface area contributed by atoms with E-state index in [1.165, 1.54) is 6.20 Å². The Bertz CT molecular complexity index is 601. The first-order valence-corrected chi connectivity index (χ1v) is 7.82. The van der Waals surface area contributed by atoms with E-state index in [-0.39, 0.29) is 5.03 Å². The van der Waals surface area contributed by atoms with Gasteiger partial charge in [0.25, 0.3) is 10.0 Å². The third-order valence-electron chi connectivity index (χ3n) is 3.51. The molecule has 0 radical (unpaired) electrons. The quantitative estimate of drug-likeness (QED) is 0.877. The van der Waals surface area contributed by atoms with Crippen LogP contribution in [0.4, 0.5) is 0 Å². The number of aromatic nitrogens is 2. The standard InChI is InChI=1S/C12H18N4O2S/c1-9-4-3-5-12(6-9,8-13)16-19(17,18)11-7-14-10(2)15-11/h7,9,16H,3-6H2,1-2H3,(H,14,15)/t9-,12+/m0/s1. The SMILES string of the molecule is Cc1ncc(S(=O)(=O)N[C@]2(C#N)CCC[C@H](C)C2)[nH]1. The highest BCUT2D eigenvalue weighted by atomic mass is 32.2. The van der Waals surface area contributed by atoms with Gasteiger partial charge in [-0.1, -0.05) is 19.8 Å². The van der Waals surface area contributed by atoms with Crippen molar-refractivity contribution >= 4 is 10.0 Å². The third-order valence-corrected chi connectivity index (χ3v) is 4.96. The zero-order valence-electron chi connectivity index (χ0n) is 11.1. The van der Waals surface area contributed by atoms with E-state index in [1.54, 1.807) is 6.92 Å². The van der Waals surface area contributed by atoms with E-state index in [0.717, 1.165) is 12.8 Å². The number of sulfonamides is 1. The van der Waals surface area contributed by atoms with Gasteiger partial charge in [-0.05, 0) is 25.7 Å². The number of aryl methyl sites for hydroxylation is 1. The summed E-state index contributed by atoms with van der Waals surface area (Å²) in [5.41, 5.74) is -0.991. The highest BCUT2D eigenvalue weighted by molar-refractivity contribution is 7.89. The number of aromatic amines is 1. The Morgan fingerprint density at radius 1 is 1.63 bits per heavy atom. The van der Waals surface area contributed by atoms with Crippen LogP contribution in [0.3, 0.4) is 0 Å². The van der Waals surface area contributed by atoms with E-state index in [1.807, 2.05) is 6.92 Å². The van der Waals surface area contributed by atoms with Gasteiger partial charge < -0.3 is 4.98 Å². The molecule has 2 rings (SSSR count). The van der Waals surface area contributed by atoms with Crippen LogP contribution in [0, 0.1) is 24.2 Å². The van der Waals surface area contributed by atoms with E-state index in [4.69, 9.17) is 0 Å². The Hall–Kier alpha value is -1.39. The fraction of sp³-hybridized carbons (Fsp3) is 0.667. The monoisotopic (exact) mass is 282 g/mol. The Labute approximate surface area is 113 Å². The molecule has 0 aliphatic heterocycles. The lowest BCUT2D eigenvalue weighted by Gasteiger charge is -2.34. The van der Waals surface area contributed by atoms with Crippen molar-refractivity contribution < 1.29 is 8.42 Å². The second-order valence-corrected chi connectivity index (χ2v) is 6.98. The Morgan fingerprint density at radius 3 is 2.89 bits per heavy atom. The summed E-state index contributed by atoms with van der Waals surface area (Å²) in [5, 5.41) is 9.38. The summed E-state index contributed by atoms with van der Waals surface area (Å²) in [6.45, 7) is 3.72. The van der Waals surface area contributed by atoms with E-state index >= 15 is 0 Å².